The third kappa shape index (κ3) is 5.47. The number of piperidine rings is 1. The van der Waals surface area contributed by atoms with Crippen molar-refractivity contribution in [2.45, 2.75) is 63.6 Å². The van der Waals surface area contributed by atoms with Crippen molar-refractivity contribution < 1.29 is 23.1 Å². The minimum atomic E-state index is -4.33. The first-order valence-corrected chi connectivity index (χ1v) is 9.96. The molecule has 0 spiro atoms. The van der Waals surface area contributed by atoms with Gasteiger partial charge in [0.1, 0.15) is 0 Å². The lowest BCUT2D eigenvalue weighted by Crippen LogP contribution is -2.40. The average Bonchev–Trinajstić information content (AvgIpc) is 2.63. The summed E-state index contributed by atoms with van der Waals surface area (Å²) in [5.41, 5.74) is 0.233. The van der Waals surface area contributed by atoms with Crippen LogP contribution in [0.15, 0.2) is 24.3 Å². The lowest BCUT2D eigenvalue weighted by Gasteiger charge is -2.42. The van der Waals surface area contributed by atoms with Gasteiger partial charge in [0, 0.05) is 19.0 Å². The molecular weight excluding hydrogens is 355 g/mol. The van der Waals surface area contributed by atoms with E-state index in [-0.39, 0.29) is 18.4 Å². The SMILES string of the molecule is O=C(O)C[C@H]1CCN(CC2CCCCC2)[C@@H](c2ccc(C(F)(F)F)cc2)C1. The smallest absolute Gasteiger partial charge is 0.416 e. The minimum Gasteiger partial charge on any atom is -0.481 e. The molecule has 27 heavy (non-hydrogen) atoms. The highest BCUT2D eigenvalue weighted by atomic mass is 19.4. The number of rotatable bonds is 5. The van der Waals surface area contributed by atoms with Gasteiger partial charge in [-0.25, -0.2) is 0 Å². The Hall–Kier alpha value is -1.56. The molecule has 0 unspecified atom stereocenters. The van der Waals surface area contributed by atoms with Crippen molar-refractivity contribution in [1.82, 2.24) is 4.90 Å². The van der Waals surface area contributed by atoms with E-state index in [0.29, 0.717) is 12.3 Å². The van der Waals surface area contributed by atoms with Gasteiger partial charge in [-0.05, 0) is 61.8 Å². The molecule has 0 bridgehead atoms. The number of likely N-dealkylation sites (tertiary alicyclic amines) is 1. The highest BCUT2D eigenvalue weighted by Gasteiger charge is 2.34. The molecular formula is C21H28F3NO2. The number of aliphatic carboxylic acids is 1. The summed E-state index contributed by atoms with van der Waals surface area (Å²) in [6.45, 7) is 1.78. The molecule has 1 saturated carbocycles. The summed E-state index contributed by atoms with van der Waals surface area (Å²) in [5, 5.41) is 9.14. The Bertz CT molecular complexity index is 623. The first-order chi connectivity index (χ1) is 12.8. The Morgan fingerprint density at radius 1 is 1.04 bits per heavy atom. The van der Waals surface area contributed by atoms with E-state index in [2.05, 4.69) is 4.90 Å². The Morgan fingerprint density at radius 3 is 2.30 bits per heavy atom. The quantitative estimate of drug-likeness (QED) is 0.728. The van der Waals surface area contributed by atoms with E-state index in [0.717, 1.165) is 37.2 Å². The van der Waals surface area contributed by atoms with Gasteiger partial charge in [-0.3, -0.25) is 9.69 Å². The van der Waals surface area contributed by atoms with Crippen LogP contribution in [0.3, 0.4) is 0 Å². The molecule has 6 heteroatoms. The van der Waals surface area contributed by atoms with Gasteiger partial charge in [0.25, 0.3) is 0 Å². The lowest BCUT2D eigenvalue weighted by atomic mass is 9.83. The Kier molecular flexibility index (Phi) is 6.45. The van der Waals surface area contributed by atoms with Crippen molar-refractivity contribution in [3.05, 3.63) is 35.4 Å². The van der Waals surface area contributed by atoms with Crippen LogP contribution in [0, 0.1) is 11.8 Å². The fraction of sp³-hybridized carbons (Fsp3) is 0.667. The summed E-state index contributed by atoms with van der Waals surface area (Å²) in [4.78, 5) is 13.5. The van der Waals surface area contributed by atoms with Crippen LogP contribution >= 0.6 is 0 Å². The van der Waals surface area contributed by atoms with Gasteiger partial charge >= 0.3 is 12.1 Å². The summed E-state index contributed by atoms with van der Waals surface area (Å²) in [6.07, 6.45) is 3.58. The first-order valence-electron chi connectivity index (χ1n) is 9.96. The molecule has 1 aliphatic heterocycles. The van der Waals surface area contributed by atoms with E-state index in [1.165, 1.54) is 32.1 Å². The summed E-state index contributed by atoms with van der Waals surface area (Å²) in [5.74, 6) is -0.0731. The molecule has 3 rings (SSSR count). The van der Waals surface area contributed by atoms with Gasteiger partial charge < -0.3 is 5.11 Å². The molecule has 1 N–H and O–H groups in total. The molecule has 2 aliphatic rings. The van der Waals surface area contributed by atoms with Gasteiger partial charge in [-0.1, -0.05) is 31.4 Å². The number of carboxylic acid groups (broad SMARTS) is 1. The Labute approximate surface area is 158 Å². The second-order valence-electron chi connectivity index (χ2n) is 8.12. The number of alkyl halides is 3. The highest BCUT2D eigenvalue weighted by molar-refractivity contribution is 5.67. The number of carboxylic acids is 1. The Morgan fingerprint density at radius 2 is 1.70 bits per heavy atom. The van der Waals surface area contributed by atoms with Crippen molar-refractivity contribution in [2.24, 2.45) is 11.8 Å². The zero-order chi connectivity index (χ0) is 19.4. The van der Waals surface area contributed by atoms with Crippen LogP contribution in [-0.2, 0) is 11.0 Å². The standard InChI is InChI=1S/C21H28F3NO2/c22-21(23,24)18-8-6-17(7-9-18)19-12-16(13-20(26)27)10-11-25(19)14-15-4-2-1-3-5-15/h6-9,15-16,19H,1-5,10-14H2,(H,26,27)/t16-,19+/m0/s1. The van der Waals surface area contributed by atoms with Crippen molar-refractivity contribution in [3.63, 3.8) is 0 Å². The maximum Gasteiger partial charge on any atom is 0.416 e. The van der Waals surface area contributed by atoms with E-state index in [1.54, 1.807) is 12.1 Å². The molecule has 2 fully saturated rings. The molecule has 1 aromatic carbocycles. The van der Waals surface area contributed by atoms with E-state index in [9.17, 15) is 18.0 Å². The van der Waals surface area contributed by atoms with Crippen molar-refractivity contribution >= 4 is 5.97 Å². The van der Waals surface area contributed by atoms with Gasteiger partial charge in [-0.2, -0.15) is 13.2 Å². The van der Waals surface area contributed by atoms with Crippen LogP contribution in [-0.4, -0.2) is 29.1 Å². The molecule has 0 radical (unpaired) electrons. The average molecular weight is 383 g/mol. The van der Waals surface area contributed by atoms with Gasteiger partial charge in [0.05, 0.1) is 5.56 Å². The van der Waals surface area contributed by atoms with Crippen LogP contribution in [0.25, 0.3) is 0 Å². The normalized spacial score (nSPS) is 25.4. The van der Waals surface area contributed by atoms with Crippen molar-refractivity contribution in [1.29, 1.82) is 0 Å². The van der Waals surface area contributed by atoms with E-state index in [1.807, 2.05) is 0 Å². The number of carbonyl (C=O) groups is 1. The summed E-state index contributed by atoms with van der Waals surface area (Å²) in [7, 11) is 0. The maximum atomic E-state index is 12.9. The largest absolute Gasteiger partial charge is 0.481 e. The molecule has 1 heterocycles. The molecule has 1 saturated heterocycles. The predicted octanol–water partition coefficient (Wildman–Crippen LogP) is 5.51. The number of benzene rings is 1. The predicted molar refractivity (Wildman–Crippen MR) is 97.3 cm³/mol. The van der Waals surface area contributed by atoms with Crippen LogP contribution in [0.2, 0.25) is 0 Å². The van der Waals surface area contributed by atoms with Crippen LogP contribution < -0.4 is 0 Å². The van der Waals surface area contributed by atoms with Crippen LogP contribution in [0.1, 0.15) is 68.5 Å². The Balaban J connectivity index is 1.76. The second-order valence-corrected chi connectivity index (χ2v) is 8.12. The summed E-state index contributed by atoms with van der Waals surface area (Å²) in [6, 6.07) is 5.45. The third-order valence-electron chi connectivity index (χ3n) is 6.13. The van der Waals surface area contributed by atoms with Crippen LogP contribution in [0.4, 0.5) is 13.2 Å². The summed E-state index contributed by atoms with van der Waals surface area (Å²) >= 11 is 0. The zero-order valence-corrected chi connectivity index (χ0v) is 15.5. The fourth-order valence-corrected chi connectivity index (χ4v) is 4.68. The monoisotopic (exact) mass is 383 g/mol. The zero-order valence-electron chi connectivity index (χ0n) is 15.5. The molecule has 0 amide bonds. The molecule has 3 nitrogen and oxygen atoms in total. The fourth-order valence-electron chi connectivity index (χ4n) is 4.68. The third-order valence-corrected chi connectivity index (χ3v) is 6.13. The highest BCUT2D eigenvalue weighted by Crippen LogP contribution is 2.39. The number of hydrogen-bond acceptors (Lipinski definition) is 2. The van der Waals surface area contributed by atoms with Gasteiger partial charge in [0.2, 0.25) is 0 Å². The van der Waals surface area contributed by atoms with E-state index < -0.39 is 17.7 Å². The molecule has 2 atom stereocenters. The number of nitrogens with zero attached hydrogens (tertiary/aromatic N) is 1. The second kappa shape index (κ2) is 8.63. The van der Waals surface area contributed by atoms with Crippen molar-refractivity contribution in [3.8, 4) is 0 Å². The maximum absolute atomic E-state index is 12.9. The summed E-state index contributed by atoms with van der Waals surface area (Å²) < 4.78 is 38.6. The van der Waals surface area contributed by atoms with Gasteiger partial charge in [-0.15, -0.1) is 0 Å². The number of halogens is 3. The lowest BCUT2D eigenvalue weighted by molar-refractivity contribution is -0.139. The first kappa shape index (κ1) is 20.2. The molecule has 1 aliphatic carbocycles. The topological polar surface area (TPSA) is 40.5 Å². The molecule has 1 aromatic rings. The van der Waals surface area contributed by atoms with Gasteiger partial charge in [0.15, 0.2) is 0 Å². The molecule has 0 aromatic heterocycles. The van der Waals surface area contributed by atoms with Crippen molar-refractivity contribution in [2.75, 3.05) is 13.1 Å². The van der Waals surface area contributed by atoms with E-state index >= 15 is 0 Å². The molecule has 150 valence electrons. The number of hydrogen-bond donors (Lipinski definition) is 1. The van der Waals surface area contributed by atoms with Crippen LogP contribution in [0.5, 0.6) is 0 Å². The minimum absolute atomic E-state index is 0.00677. The van der Waals surface area contributed by atoms with E-state index in [4.69, 9.17) is 5.11 Å².